The first-order valence-electron chi connectivity index (χ1n) is 8.37. The van der Waals surface area contributed by atoms with Gasteiger partial charge < -0.3 is 10.6 Å². The minimum absolute atomic E-state index is 0.0549. The average Bonchev–Trinajstić information content (AvgIpc) is 3.06. The van der Waals surface area contributed by atoms with Gasteiger partial charge in [0, 0.05) is 19.1 Å². The van der Waals surface area contributed by atoms with Crippen LogP contribution in [0.3, 0.4) is 0 Å². The van der Waals surface area contributed by atoms with Gasteiger partial charge in [0.2, 0.25) is 0 Å². The molecule has 2 aliphatic heterocycles. The second-order valence-corrected chi connectivity index (χ2v) is 9.61. The van der Waals surface area contributed by atoms with Crippen molar-refractivity contribution in [2.75, 3.05) is 36.9 Å². The SMILES string of the molecule is CCCN1CCN(C(=O)c2sc(N)nc2CC)[C@H]2CS(=O)(=O)C[C@H]21. The van der Waals surface area contributed by atoms with E-state index in [2.05, 4.69) is 16.8 Å². The van der Waals surface area contributed by atoms with E-state index in [0.717, 1.165) is 13.0 Å². The summed E-state index contributed by atoms with van der Waals surface area (Å²) in [4.78, 5) is 21.8. The molecule has 0 spiro atoms. The fourth-order valence-corrected chi connectivity index (χ4v) is 6.64. The lowest BCUT2D eigenvalue weighted by Gasteiger charge is -2.43. The Morgan fingerprint density at radius 1 is 1.29 bits per heavy atom. The molecule has 2 atom stereocenters. The van der Waals surface area contributed by atoms with Crippen LogP contribution in [0.4, 0.5) is 5.13 Å². The van der Waals surface area contributed by atoms with Crippen molar-refractivity contribution in [3.8, 4) is 0 Å². The summed E-state index contributed by atoms with van der Waals surface area (Å²) >= 11 is 1.20. The number of nitrogens with zero attached hydrogens (tertiary/aromatic N) is 3. The smallest absolute Gasteiger partial charge is 0.266 e. The molecule has 9 heteroatoms. The molecule has 3 heterocycles. The van der Waals surface area contributed by atoms with Gasteiger partial charge in [0.25, 0.3) is 5.91 Å². The van der Waals surface area contributed by atoms with Crippen molar-refractivity contribution in [1.29, 1.82) is 0 Å². The van der Waals surface area contributed by atoms with Gasteiger partial charge in [-0.05, 0) is 19.4 Å². The van der Waals surface area contributed by atoms with Crippen LogP contribution in [-0.2, 0) is 16.3 Å². The molecule has 2 fully saturated rings. The van der Waals surface area contributed by atoms with Gasteiger partial charge >= 0.3 is 0 Å². The summed E-state index contributed by atoms with van der Waals surface area (Å²) in [5.74, 6) is 0.0797. The van der Waals surface area contributed by atoms with Gasteiger partial charge in [-0.15, -0.1) is 0 Å². The number of hydrogen-bond acceptors (Lipinski definition) is 7. The Kier molecular flexibility index (Phi) is 4.85. The highest BCUT2D eigenvalue weighted by Gasteiger charge is 2.48. The van der Waals surface area contributed by atoms with E-state index in [4.69, 9.17) is 5.73 Å². The van der Waals surface area contributed by atoms with Crippen molar-refractivity contribution < 1.29 is 13.2 Å². The van der Waals surface area contributed by atoms with Crippen LogP contribution in [0.25, 0.3) is 0 Å². The number of anilines is 1. The van der Waals surface area contributed by atoms with E-state index < -0.39 is 9.84 Å². The molecule has 1 amide bonds. The number of nitrogens with two attached hydrogens (primary N) is 1. The number of sulfone groups is 1. The number of piperazine rings is 1. The van der Waals surface area contributed by atoms with Crippen LogP contribution < -0.4 is 5.73 Å². The van der Waals surface area contributed by atoms with E-state index in [9.17, 15) is 13.2 Å². The Morgan fingerprint density at radius 3 is 2.67 bits per heavy atom. The van der Waals surface area contributed by atoms with Crippen molar-refractivity contribution in [2.45, 2.75) is 38.8 Å². The summed E-state index contributed by atoms with van der Waals surface area (Å²) < 4.78 is 24.4. The highest BCUT2D eigenvalue weighted by atomic mass is 32.2. The number of carbonyl (C=O) groups excluding carboxylic acids is 1. The van der Waals surface area contributed by atoms with Crippen LogP contribution in [-0.4, -0.2) is 72.3 Å². The Balaban J connectivity index is 1.89. The van der Waals surface area contributed by atoms with E-state index in [0.29, 0.717) is 35.2 Å². The molecule has 2 N–H and O–H groups in total. The third-order valence-electron chi connectivity index (χ3n) is 4.81. The third-order valence-corrected chi connectivity index (χ3v) is 7.42. The second kappa shape index (κ2) is 6.61. The van der Waals surface area contributed by atoms with Gasteiger partial charge in [0.1, 0.15) is 4.88 Å². The Hall–Kier alpha value is -1.19. The molecule has 0 saturated carbocycles. The monoisotopic (exact) mass is 372 g/mol. The fraction of sp³-hybridized carbons (Fsp3) is 0.733. The number of thiazole rings is 1. The molecule has 3 rings (SSSR count). The lowest BCUT2D eigenvalue weighted by Crippen LogP contribution is -2.60. The molecule has 1 aromatic rings. The van der Waals surface area contributed by atoms with Crippen molar-refractivity contribution in [3.05, 3.63) is 10.6 Å². The number of hydrogen-bond donors (Lipinski definition) is 1. The molecule has 0 bridgehead atoms. The number of carbonyl (C=O) groups is 1. The maximum atomic E-state index is 13.0. The van der Waals surface area contributed by atoms with E-state index in [1.165, 1.54) is 11.3 Å². The minimum Gasteiger partial charge on any atom is -0.375 e. The molecule has 0 aromatic carbocycles. The van der Waals surface area contributed by atoms with Crippen LogP contribution in [0.2, 0.25) is 0 Å². The zero-order valence-corrected chi connectivity index (χ0v) is 15.7. The fourth-order valence-electron chi connectivity index (χ4n) is 3.75. The molecule has 0 unspecified atom stereocenters. The number of aromatic nitrogens is 1. The average molecular weight is 373 g/mol. The quantitative estimate of drug-likeness (QED) is 0.832. The molecule has 7 nitrogen and oxygen atoms in total. The zero-order valence-electron chi connectivity index (χ0n) is 14.1. The topological polar surface area (TPSA) is 96.6 Å². The van der Waals surface area contributed by atoms with Crippen LogP contribution in [0, 0.1) is 0 Å². The van der Waals surface area contributed by atoms with Crippen LogP contribution >= 0.6 is 11.3 Å². The molecular formula is C15H24N4O3S2. The van der Waals surface area contributed by atoms with Gasteiger partial charge in [-0.25, -0.2) is 13.4 Å². The first-order valence-corrected chi connectivity index (χ1v) is 11.0. The number of nitrogen functional groups attached to an aromatic ring is 1. The van der Waals surface area contributed by atoms with Crippen molar-refractivity contribution in [1.82, 2.24) is 14.8 Å². The Labute approximate surface area is 146 Å². The van der Waals surface area contributed by atoms with Crippen molar-refractivity contribution in [3.63, 3.8) is 0 Å². The van der Waals surface area contributed by atoms with Gasteiger partial charge in [0.15, 0.2) is 15.0 Å². The molecular weight excluding hydrogens is 348 g/mol. The largest absolute Gasteiger partial charge is 0.375 e. The molecule has 2 saturated heterocycles. The number of aryl methyl sites for hydroxylation is 1. The molecule has 134 valence electrons. The van der Waals surface area contributed by atoms with Gasteiger partial charge in [-0.1, -0.05) is 25.2 Å². The summed E-state index contributed by atoms with van der Waals surface area (Å²) in [6.07, 6.45) is 1.61. The molecule has 24 heavy (non-hydrogen) atoms. The van der Waals surface area contributed by atoms with E-state index >= 15 is 0 Å². The minimum atomic E-state index is -3.11. The van der Waals surface area contributed by atoms with E-state index in [-0.39, 0.29) is 29.5 Å². The maximum Gasteiger partial charge on any atom is 0.266 e. The lowest BCUT2D eigenvalue weighted by atomic mass is 10.0. The molecule has 2 aliphatic rings. The normalized spacial score (nSPS) is 26.5. The first-order chi connectivity index (χ1) is 11.4. The van der Waals surface area contributed by atoms with Crippen molar-refractivity contribution in [2.24, 2.45) is 0 Å². The summed E-state index contributed by atoms with van der Waals surface area (Å²) in [6.45, 7) is 6.16. The van der Waals surface area contributed by atoms with Crippen LogP contribution in [0.15, 0.2) is 0 Å². The second-order valence-electron chi connectivity index (χ2n) is 6.43. The number of fused-ring (bicyclic) bond motifs is 1. The summed E-state index contributed by atoms with van der Waals surface area (Å²) in [6, 6.07) is -0.362. The predicted molar refractivity (Wildman–Crippen MR) is 95.0 cm³/mol. The highest BCUT2D eigenvalue weighted by molar-refractivity contribution is 7.91. The van der Waals surface area contributed by atoms with Crippen molar-refractivity contribution >= 4 is 32.2 Å². The molecule has 0 radical (unpaired) electrons. The van der Waals surface area contributed by atoms with E-state index in [1.807, 2.05) is 6.92 Å². The van der Waals surface area contributed by atoms with Crippen LogP contribution in [0.1, 0.15) is 35.6 Å². The molecule has 1 aromatic heterocycles. The summed E-state index contributed by atoms with van der Waals surface area (Å²) in [5.41, 5.74) is 6.47. The standard InChI is InChI=1S/C15H24N4O3S2/c1-3-5-18-6-7-19(12-9-24(21,22)8-11(12)18)14(20)13-10(4-2)17-15(16)23-13/h11-12H,3-9H2,1-2H3,(H2,16,17)/t11-,12+/m1/s1. The lowest BCUT2D eigenvalue weighted by molar-refractivity contribution is 0.0336. The van der Waals surface area contributed by atoms with Gasteiger partial charge in [0.05, 0.1) is 23.2 Å². The number of rotatable bonds is 4. The van der Waals surface area contributed by atoms with Crippen LogP contribution in [0.5, 0.6) is 0 Å². The summed E-state index contributed by atoms with van der Waals surface area (Å²) in [5, 5.41) is 0.385. The Morgan fingerprint density at radius 2 is 2.00 bits per heavy atom. The summed E-state index contributed by atoms with van der Waals surface area (Å²) in [7, 11) is -3.11. The van der Waals surface area contributed by atoms with E-state index in [1.54, 1.807) is 4.90 Å². The Bertz CT molecular complexity index is 731. The maximum absolute atomic E-state index is 13.0. The highest BCUT2D eigenvalue weighted by Crippen LogP contribution is 2.30. The predicted octanol–water partition coefficient (Wildman–Crippen LogP) is 0.621. The number of amides is 1. The zero-order chi connectivity index (χ0) is 17.5. The first kappa shape index (κ1) is 17.6. The van der Waals surface area contributed by atoms with Gasteiger partial charge in [-0.2, -0.15) is 0 Å². The third kappa shape index (κ3) is 3.16. The molecule has 0 aliphatic carbocycles. The van der Waals surface area contributed by atoms with Gasteiger partial charge in [-0.3, -0.25) is 9.69 Å².